The van der Waals surface area contributed by atoms with Gasteiger partial charge in [-0.2, -0.15) is 0 Å². The number of amides is 4. The van der Waals surface area contributed by atoms with Crippen LogP contribution in [0.25, 0.3) is 0 Å². The van der Waals surface area contributed by atoms with Crippen LogP contribution in [-0.2, 0) is 21.5 Å². The number of benzene rings is 2. The summed E-state index contributed by atoms with van der Waals surface area (Å²) in [6.07, 6.45) is 1.03. The molecule has 6 nitrogen and oxygen atoms in total. The Morgan fingerprint density at radius 1 is 1.11 bits per heavy atom. The molecule has 4 amide bonds. The van der Waals surface area contributed by atoms with Gasteiger partial charge in [0.2, 0.25) is 5.91 Å². The normalized spacial score (nSPS) is 20.7. The highest BCUT2D eigenvalue weighted by atomic mass is 19.1. The van der Waals surface area contributed by atoms with Crippen molar-refractivity contribution in [2.75, 3.05) is 11.9 Å². The van der Waals surface area contributed by atoms with Gasteiger partial charge in [-0.3, -0.25) is 14.5 Å². The first-order chi connectivity index (χ1) is 12.9. The van der Waals surface area contributed by atoms with Crippen LogP contribution >= 0.6 is 0 Å². The van der Waals surface area contributed by atoms with Crippen molar-refractivity contribution in [2.24, 2.45) is 0 Å². The summed E-state index contributed by atoms with van der Waals surface area (Å²) in [5, 5.41) is 4.77. The molecular weight excluding hydrogens is 356 g/mol. The number of imide groups is 1. The van der Waals surface area contributed by atoms with Gasteiger partial charge in [0.1, 0.15) is 29.4 Å². The Hall–Kier alpha value is -3.29. The Morgan fingerprint density at radius 2 is 1.81 bits per heavy atom. The second-order valence-electron chi connectivity index (χ2n) is 6.53. The van der Waals surface area contributed by atoms with Crippen molar-refractivity contribution in [1.29, 1.82) is 0 Å². The molecule has 0 radical (unpaired) electrons. The molecule has 0 bridgehead atoms. The lowest BCUT2D eigenvalue weighted by Crippen LogP contribution is -2.43. The third-order valence-corrected chi connectivity index (χ3v) is 4.95. The molecule has 8 heteroatoms. The Bertz CT molecular complexity index is 958. The molecule has 4 rings (SSSR count). The fourth-order valence-electron chi connectivity index (χ4n) is 3.67. The highest BCUT2D eigenvalue weighted by molar-refractivity contribution is 6.10. The highest BCUT2D eigenvalue weighted by Crippen LogP contribution is 2.41. The first kappa shape index (κ1) is 17.1. The van der Waals surface area contributed by atoms with Crippen molar-refractivity contribution < 1.29 is 23.2 Å². The van der Waals surface area contributed by atoms with Crippen LogP contribution in [0.5, 0.6) is 0 Å². The van der Waals surface area contributed by atoms with Crippen molar-refractivity contribution in [3.63, 3.8) is 0 Å². The zero-order valence-electron chi connectivity index (χ0n) is 14.1. The van der Waals surface area contributed by atoms with E-state index >= 15 is 0 Å². The molecule has 2 aromatic rings. The molecule has 1 aliphatic carbocycles. The number of rotatable bonds is 3. The second-order valence-corrected chi connectivity index (χ2v) is 6.53. The van der Waals surface area contributed by atoms with E-state index < -0.39 is 47.3 Å². The molecule has 1 heterocycles. The summed E-state index contributed by atoms with van der Waals surface area (Å²) >= 11 is 0. The fraction of sp³-hybridized carbons (Fsp3) is 0.211. The van der Waals surface area contributed by atoms with Gasteiger partial charge in [0, 0.05) is 0 Å². The summed E-state index contributed by atoms with van der Waals surface area (Å²) < 4.78 is 27.3. The molecule has 0 unspecified atom stereocenters. The van der Waals surface area contributed by atoms with Crippen LogP contribution in [0.4, 0.5) is 19.3 Å². The topological polar surface area (TPSA) is 78.5 Å². The molecule has 1 aliphatic heterocycles. The molecule has 2 aromatic carbocycles. The minimum atomic E-state index is -1.18. The van der Waals surface area contributed by atoms with E-state index in [-0.39, 0.29) is 0 Å². The predicted octanol–water partition coefficient (Wildman–Crippen LogP) is 2.30. The number of hydrogen-bond acceptors (Lipinski definition) is 3. The van der Waals surface area contributed by atoms with E-state index in [0.29, 0.717) is 18.4 Å². The molecule has 138 valence electrons. The van der Waals surface area contributed by atoms with E-state index in [2.05, 4.69) is 10.6 Å². The Morgan fingerprint density at radius 3 is 2.56 bits per heavy atom. The standard InChI is InChI=1S/C19H15F2N3O3/c20-13-6-3-7-14(21)16(13)22-15(25)10-24-17(26)19(23-18(24)27)9-8-11-4-1-2-5-12(11)19/h1-7H,8-10H2,(H,22,25)(H,23,27)/t19-/m1/s1. The van der Waals surface area contributed by atoms with Gasteiger partial charge in [-0.05, 0) is 36.1 Å². The first-order valence-corrected chi connectivity index (χ1v) is 8.39. The lowest BCUT2D eigenvalue weighted by molar-refractivity contribution is -0.134. The quantitative estimate of drug-likeness (QED) is 0.813. The molecular formula is C19H15F2N3O3. The third kappa shape index (κ3) is 2.64. The van der Waals surface area contributed by atoms with Gasteiger partial charge in [-0.25, -0.2) is 13.6 Å². The number of anilines is 1. The lowest BCUT2D eigenvalue weighted by Gasteiger charge is -2.22. The second kappa shape index (κ2) is 6.15. The van der Waals surface area contributed by atoms with E-state index in [1.807, 2.05) is 12.1 Å². The monoisotopic (exact) mass is 371 g/mol. The zero-order chi connectivity index (χ0) is 19.2. The molecule has 1 spiro atoms. The molecule has 0 aromatic heterocycles. The SMILES string of the molecule is O=C(CN1C(=O)N[C@@]2(CCc3ccccc32)C1=O)Nc1c(F)cccc1F. The van der Waals surface area contributed by atoms with Crippen LogP contribution in [0.15, 0.2) is 42.5 Å². The molecule has 1 saturated heterocycles. The number of hydrogen-bond donors (Lipinski definition) is 2. The predicted molar refractivity (Wildman–Crippen MR) is 91.7 cm³/mol. The molecule has 27 heavy (non-hydrogen) atoms. The van der Waals surface area contributed by atoms with Gasteiger partial charge >= 0.3 is 6.03 Å². The summed E-state index contributed by atoms with van der Waals surface area (Å²) in [4.78, 5) is 38.3. The molecule has 1 fully saturated rings. The maximum absolute atomic E-state index is 13.7. The molecule has 2 aliphatic rings. The van der Waals surface area contributed by atoms with Gasteiger partial charge in [0.25, 0.3) is 5.91 Å². The largest absolute Gasteiger partial charge is 0.325 e. The highest BCUT2D eigenvalue weighted by Gasteiger charge is 2.55. The zero-order valence-corrected chi connectivity index (χ0v) is 14.1. The maximum Gasteiger partial charge on any atom is 0.325 e. The minimum absolute atomic E-state index is 0.400. The first-order valence-electron chi connectivity index (χ1n) is 8.39. The third-order valence-electron chi connectivity index (χ3n) is 4.95. The van der Waals surface area contributed by atoms with Gasteiger partial charge in [0.15, 0.2) is 0 Å². The summed E-state index contributed by atoms with van der Waals surface area (Å²) in [5.41, 5.74) is -0.121. The Balaban J connectivity index is 1.55. The van der Waals surface area contributed by atoms with E-state index in [1.165, 1.54) is 6.07 Å². The molecule has 0 saturated carbocycles. The average Bonchev–Trinajstić information content (AvgIpc) is 3.12. The van der Waals surface area contributed by atoms with Gasteiger partial charge in [-0.15, -0.1) is 0 Å². The number of halogens is 2. The van der Waals surface area contributed by atoms with E-state index in [4.69, 9.17) is 0 Å². The van der Waals surface area contributed by atoms with Crippen LogP contribution in [-0.4, -0.2) is 29.3 Å². The summed E-state index contributed by atoms with van der Waals surface area (Å²) in [5.74, 6) is -3.30. The molecule has 2 N–H and O–H groups in total. The van der Waals surface area contributed by atoms with Gasteiger partial charge in [0.05, 0.1) is 0 Å². The Labute approximate surface area is 153 Å². The minimum Gasteiger partial charge on any atom is -0.320 e. The number of nitrogens with one attached hydrogen (secondary N) is 2. The van der Waals surface area contributed by atoms with Crippen LogP contribution in [0.3, 0.4) is 0 Å². The van der Waals surface area contributed by atoms with Crippen molar-refractivity contribution in [3.8, 4) is 0 Å². The van der Waals surface area contributed by atoms with Crippen LogP contribution in [0.2, 0.25) is 0 Å². The maximum atomic E-state index is 13.7. The van der Waals surface area contributed by atoms with Crippen LogP contribution < -0.4 is 10.6 Å². The molecule has 1 atom stereocenters. The lowest BCUT2D eigenvalue weighted by atomic mass is 9.92. The number of aryl methyl sites for hydroxylation is 1. The number of para-hydroxylation sites is 1. The van der Waals surface area contributed by atoms with Crippen molar-refractivity contribution >= 4 is 23.5 Å². The summed E-state index contributed by atoms with van der Waals surface area (Å²) in [7, 11) is 0. The summed E-state index contributed by atoms with van der Waals surface area (Å²) in [6.45, 7) is -0.637. The van der Waals surface area contributed by atoms with Crippen molar-refractivity contribution in [2.45, 2.75) is 18.4 Å². The van der Waals surface area contributed by atoms with Gasteiger partial charge < -0.3 is 10.6 Å². The average molecular weight is 371 g/mol. The fourth-order valence-corrected chi connectivity index (χ4v) is 3.67. The van der Waals surface area contributed by atoms with E-state index in [9.17, 15) is 23.2 Å². The number of carbonyl (C=O) groups excluding carboxylic acids is 3. The number of fused-ring (bicyclic) bond motifs is 2. The van der Waals surface area contributed by atoms with Crippen LogP contribution in [0.1, 0.15) is 17.5 Å². The van der Waals surface area contributed by atoms with Gasteiger partial charge in [-0.1, -0.05) is 30.3 Å². The number of carbonyl (C=O) groups is 3. The van der Waals surface area contributed by atoms with Crippen LogP contribution in [0, 0.1) is 11.6 Å². The van der Waals surface area contributed by atoms with Crippen molar-refractivity contribution in [1.82, 2.24) is 10.2 Å². The number of urea groups is 1. The smallest absolute Gasteiger partial charge is 0.320 e. The van der Waals surface area contributed by atoms with Crippen molar-refractivity contribution in [3.05, 3.63) is 65.2 Å². The van der Waals surface area contributed by atoms with E-state index in [1.54, 1.807) is 12.1 Å². The number of nitrogens with zero attached hydrogens (tertiary/aromatic N) is 1. The van der Waals surface area contributed by atoms with E-state index in [0.717, 1.165) is 22.6 Å². The Kier molecular flexibility index (Phi) is 3.91. The summed E-state index contributed by atoms with van der Waals surface area (Å²) in [6, 6.07) is 9.75.